The monoisotopic (exact) mass is 418 g/mol. The number of carbonyl (C=O) groups is 1. The van der Waals surface area contributed by atoms with E-state index in [1.165, 1.54) is 6.07 Å². The number of carbonyl (C=O) groups excluding carboxylic acids is 1. The second kappa shape index (κ2) is 7.74. The van der Waals surface area contributed by atoms with Gasteiger partial charge in [-0.25, -0.2) is 0 Å². The summed E-state index contributed by atoms with van der Waals surface area (Å²) in [5.41, 5.74) is 0.647. The Labute approximate surface area is 173 Å². The van der Waals surface area contributed by atoms with Crippen molar-refractivity contribution in [2.24, 2.45) is 7.05 Å². The van der Waals surface area contributed by atoms with Gasteiger partial charge in [0.1, 0.15) is 5.41 Å². The van der Waals surface area contributed by atoms with Crippen molar-refractivity contribution in [1.29, 1.82) is 0 Å². The first-order valence-corrected chi connectivity index (χ1v) is 9.73. The number of aromatic nitrogens is 3. The molecule has 1 unspecified atom stereocenters. The van der Waals surface area contributed by atoms with Gasteiger partial charge in [-0.05, 0) is 51.5 Å². The van der Waals surface area contributed by atoms with Crippen LogP contribution in [-0.4, -0.2) is 26.8 Å². The summed E-state index contributed by atoms with van der Waals surface area (Å²) in [4.78, 5) is 17.0. The minimum atomic E-state index is -4.41. The lowest BCUT2D eigenvalue weighted by Gasteiger charge is -2.27. The third kappa shape index (κ3) is 3.91. The van der Waals surface area contributed by atoms with E-state index in [2.05, 4.69) is 15.4 Å². The standard InChI is InChI=1S/C22H25F3N4O/c1-6-17(16-12-26-29(5)13(16)2)28-20(30)15-7-9-18-14(11-15)8-10-19(27-18)21(3,4)22(23,24)25/h7-12,17H,6H2,1-5H3,(H,28,30). The number of aryl methyl sites for hydroxylation is 1. The molecular formula is C22H25F3N4O. The maximum atomic E-state index is 13.3. The number of fused-ring (bicyclic) bond motifs is 1. The van der Waals surface area contributed by atoms with E-state index < -0.39 is 11.6 Å². The Morgan fingerprint density at radius 3 is 2.47 bits per heavy atom. The van der Waals surface area contributed by atoms with Gasteiger partial charge in [-0.2, -0.15) is 18.3 Å². The Morgan fingerprint density at radius 2 is 1.90 bits per heavy atom. The van der Waals surface area contributed by atoms with Gasteiger partial charge in [0.2, 0.25) is 0 Å². The smallest absolute Gasteiger partial charge is 0.345 e. The molecule has 0 aliphatic rings. The molecule has 3 aromatic rings. The molecule has 0 aliphatic carbocycles. The zero-order valence-electron chi connectivity index (χ0n) is 17.6. The highest BCUT2D eigenvalue weighted by atomic mass is 19.4. The van der Waals surface area contributed by atoms with E-state index in [-0.39, 0.29) is 17.6 Å². The molecule has 0 saturated carbocycles. The average molecular weight is 418 g/mol. The lowest BCUT2D eigenvalue weighted by molar-refractivity contribution is -0.181. The molecule has 1 aromatic carbocycles. The Hall–Kier alpha value is -2.90. The van der Waals surface area contributed by atoms with Crippen LogP contribution in [-0.2, 0) is 12.5 Å². The van der Waals surface area contributed by atoms with Crippen LogP contribution in [0.5, 0.6) is 0 Å². The van der Waals surface area contributed by atoms with Gasteiger partial charge in [-0.1, -0.05) is 13.0 Å². The van der Waals surface area contributed by atoms with Gasteiger partial charge in [-0.3, -0.25) is 14.5 Å². The largest absolute Gasteiger partial charge is 0.399 e. The van der Waals surface area contributed by atoms with Gasteiger partial charge in [-0.15, -0.1) is 0 Å². The summed E-state index contributed by atoms with van der Waals surface area (Å²) < 4.78 is 41.7. The number of benzene rings is 1. The fourth-order valence-corrected chi connectivity index (χ4v) is 3.26. The second-order valence-corrected chi connectivity index (χ2v) is 7.97. The topological polar surface area (TPSA) is 59.8 Å². The Bertz CT molecular complexity index is 1090. The van der Waals surface area contributed by atoms with Crippen LogP contribution in [0.3, 0.4) is 0 Å². The first kappa shape index (κ1) is 21.8. The van der Waals surface area contributed by atoms with E-state index in [9.17, 15) is 18.0 Å². The van der Waals surface area contributed by atoms with Crippen molar-refractivity contribution in [3.63, 3.8) is 0 Å². The number of amides is 1. The van der Waals surface area contributed by atoms with E-state index >= 15 is 0 Å². The van der Waals surface area contributed by atoms with Crippen molar-refractivity contribution in [3.05, 3.63) is 59.0 Å². The normalized spacial score (nSPS) is 13.5. The number of alkyl halides is 3. The van der Waals surface area contributed by atoms with Crippen molar-refractivity contribution in [2.45, 2.75) is 51.7 Å². The van der Waals surface area contributed by atoms with Gasteiger partial charge in [0.15, 0.2) is 0 Å². The summed E-state index contributed by atoms with van der Waals surface area (Å²) >= 11 is 0. The summed E-state index contributed by atoms with van der Waals surface area (Å²) in [5, 5.41) is 7.85. The van der Waals surface area contributed by atoms with Crippen LogP contribution in [0.4, 0.5) is 13.2 Å². The molecule has 1 atom stereocenters. The number of rotatable bonds is 5. The summed E-state index contributed by atoms with van der Waals surface area (Å²) in [6.45, 7) is 6.13. The molecule has 0 aliphatic heterocycles. The SMILES string of the molecule is CCC(NC(=O)c1ccc2nc(C(C)(C)C(F)(F)F)ccc2c1)c1cnn(C)c1C. The molecular weight excluding hydrogens is 393 g/mol. The number of pyridine rings is 1. The summed E-state index contributed by atoms with van der Waals surface area (Å²) in [6, 6.07) is 7.56. The van der Waals surface area contributed by atoms with Crippen molar-refractivity contribution in [1.82, 2.24) is 20.1 Å². The molecule has 0 radical (unpaired) electrons. The van der Waals surface area contributed by atoms with Crippen molar-refractivity contribution >= 4 is 16.8 Å². The van der Waals surface area contributed by atoms with Crippen molar-refractivity contribution in [2.75, 3.05) is 0 Å². The Kier molecular flexibility index (Phi) is 5.62. The molecule has 3 rings (SSSR count). The number of halogens is 3. The molecule has 1 amide bonds. The predicted molar refractivity (Wildman–Crippen MR) is 109 cm³/mol. The lowest BCUT2D eigenvalue weighted by Crippen LogP contribution is -2.37. The van der Waals surface area contributed by atoms with E-state index in [0.29, 0.717) is 22.9 Å². The number of nitrogens with one attached hydrogen (secondary N) is 1. The number of nitrogens with zero attached hydrogens (tertiary/aromatic N) is 3. The first-order valence-electron chi connectivity index (χ1n) is 9.73. The molecule has 1 N–H and O–H groups in total. The highest BCUT2D eigenvalue weighted by molar-refractivity contribution is 5.98. The van der Waals surface area contributed by atoms with Crippen molar-refractivity contribution in [3.8, 4) is 0 Å². The van der Waals surface area contributed by atoms with Crippen LogP contribution in [0.25, 0.3) is 10.9 Å². The fraction of sp³-hybridized carbons (Fsp3) is 0.409. The Morgan fingerprint density at radius 1 is 1.20 bits per heavy atom. The second-order valence-electron chi connectivity index (χ2n) is 7.97. The van der Waals surface area contributed by atoms with Gasteiger partial charge in [0.25, 0.3) is 5.91 Å². The summed E-state index contributed by atoms with van der Waals surface area (Å²) in [5.74, 6) is -0.258. The zero-order chi connectivity index (χ0) is 22.3. The Balaban J connectivity index is 1.87. The van der Waals surface area contributed by atoms with Crippen LogP contribution in [0.15, 0.2) is 36.5 Å². The molecule has 0 saturated heterocycles. The van der Waals surface area contributed by atoms with Crippen LogP contribution in [0, 0.1) is 6.92 Å². The van der Waals surface area contributed by atoms with Crippen LogP contribution in [0.2, 0.25) is 0 Å². The maximum Gasteiger partial charge on any atom is 0.399 e. The predicted octanol–water partition coefficient (Wildman–Crippen LogP) is 5.00. The number of hydrogen-bond donors (Lipinski definition) is 1. The average Bonchev–Trinajstić information content (AvgIpc) is 3.02. The van der Waals surface area contributed by atoms with Crippen LogP contribution >= 0.6 is 0 Å². The molecule has 8 heteroatoms. The van der Waals surface area contributed by atoms with Gasteiger partial charge < -0.3 is 5.32 Å². The van der Waals surface area contributed by atoms with Gasteiger partial charge in [0.05, 0.1) is 23.4 Å². The summed E-state index contributed by atoms with van der Waals surface area (Å²) in [7, 11) is 1.85. The van der Waals surface area contributed by atoms with E-state index in [0.717, 1.165) is 25.1 Å². The first-order chi connectivity index (χ1) is 14.0. The van der Waals surface area contributed by atoms with Gasteiger partial charge >= 0.3 is 6.18 Å². The van der Waals surface area contributed by atoms with E-state index in [1.54, 1.807) is 35.1 Å². The molecule has 2 heterocycles. The van der Waals surface area contributed by atoms with Gasteiger partial charge in [0, 0.05) is 29.3 Å². The fourth-order valence-electron chi connectivity index (χ4n) is 3.26. The number of hydrogen-bond acceptors (Lipinski definition) is 3. The quantitative estimate of drug-likeness (QED) is 0.635. The minimum Gasteiger partial charge on any atom is -0.345 e. The van der Waals surface area contributed by atoms with Crippen LogP contribution in [0.1, 0.15) is 60.5 Å². The minimum absolute atomic E-state index is 0.0576. The van der Waals surface area contributed by atoms with E-state index in [4.69, 9.17) is 0 Å². The van der Waals surface area contributed by atoms with E-state index in [1.807, 2.05) is 20.9 Å². The highest BCUT2D eigenvalue weighted by Gasteiger charge is 2.49. The third-order valence-electron chi connectivity index (χ3n) is 5.66. The molecule has 160 valence electrons. The third-order valence-corrected chi connectivity index (χ3v) is 5.66. The molecule has 0 spiro atoms. The molecule has 0 fully saturated rings. The van der Waals surface area contributed by atoms with Crippen molar-refractivity contribution < 1.29 is 18.0 Å². The summed E-state index contributed by atoms with van der Waals surface area (Å²) in [6.07, 6.45) is -1.96. The molecule has 0 bridgehead atoms. The molecule has 5 nitrogen and oxygen atoms in total. The molecule has 30 heavy (non-hydrogen) atoms. The van der Waals surface area contributed by atoms with Crippen LogP contribution < -0.4 is 5.32 Å². The lowest BCUT2D eigenvalue weighted by atomic mass is 9.87. The zero-order valence-corrected chi connectivity index (χ0v) is 17.6. The highest BCUT2D eigenvalue weighted by Crippen LogP contribution is 2.40. The molecule has 2 aromatic heterocycles. The maximum absolute atomic E-state index is 13.3.